The molecule has 7 nitrogen and oxygen atoms in total. The molecule has 0 aromatic heterocycles. The van der Waals surface area contributed by atoms with Crippen LogP contribution in [0.3, 0.4) is 0 Å². The molecule has 0 aliphatic rings. The highest BCUT2D eigenvalue weighted by Gasteiger charge is 2.29. The van der Waals surface area contributed by atoms with Crippen LogP contribution in [0.2, 0.25) is 0 Å². The van der Waals surface area contributed by atoms with Crippen LogP contribution in [-0.2, 0) is 14.8 Å². The van der Waals surface area contributed by atoms with Crippen molar-refractivity contribution in [2.75, 3.05) is 13.7 Å². The summed E-state index contributed by atoms with van der Waals surface area (Å²) in [6.45, 7) is 1.54. The van der Waals surface area contributed by atoms with Crippen LogP contribution in [0, 0.1) is 15.9 Å². The second-order valence-electron chi connectivity index (χ2n) is 3.74. The first-order valence-electron chi connectivity index (χ1n) is 5.25. The van der Waals surface area contributed by atoms with Crippen molar-refractivity contribution in [3.05, 3.63) is 34.1 Å². The van der Waals surface area contributed by atoms with Crippen LogP contribution in [-0.4, -0.2) is 33.1 Å². The highest BCUT2D eigenvalue weighted by atomic mass is 32.2. The minimum atomic E-state index is -4.18. The van der Waals surface area contributed by atoms with E-state index in [0.717, 1.165) is 18.2 Å². The second kappa shape index (κ2) is 6.04. The van der Waals surface area contributed by atoms with E-state index in [4.69, 9.17) is 4.74 Å². The SMILES string of the molecule is COC(C)CNS(=O)(=O)c1cccc(F)c1[N+](=O)[O-]. The maximum atomic E-state index is 13.3. The number of nitrogens with zero attached hydrogens (tertiary/aromatic N) is 1. The zero-order valence-corrected chi connectivity index (χ0v) is 11.1. The number of nitrogens with one attached hydrogen (secondary N) is 1. The van der Waals surface area contributed by atoms with Crippen LogP contribution in [0.25, 0.3) is 0 Å². The molecule has 1 unspecified atom stereocenters. The van der Waals surface area contributed by atoms with Crippen molar-refractivity contribution >= 4 is 15.7 Å². The Morgan fingerprint density at radius 1 is 1.53 bits per heavy atom. The smallest absolute Gasteiger partial charge is 0.324 e. The number of halogens is 1. The number of para-hydroxylation sites is 1. The fraction of sp³-hybridized carbons (Fsp3) is 0.400. The predicted molar refractivity (Wildman–Crippen MR) is 64.7 cm³/mol. The van der Waals surface area contributed by atoms with Crippen LogP contribution in [0.1, 0.15) is 6.92 Å². The number of hydrogen-bond acceptors (Lipinski definition) is 5. The zero-order valence-electron chi connectivity index (χ0n) is 10.3. The number of ether oxygens (including phenoxy) is 1. The van der Waals surface area contributed by atoms with Gasteiger partial charge in [0.1, 0.15) is 0 Å². The average Bonchev–Trinajstić information content (AvgIpc) is 2.35. The van der Waals surface area contributed by atoms with E-state index >= 15 is 0 Å². The van der Waals surface area contributed by atoms with Gasteiger partial charge in [0.15, 0.2) is 4.90 Å². The summed E-state index contributed by atoms with van der Waals surface area (Å²) in [6.07, 6.45) is -0.414. The van der Waals surface area contributed by atoms with Crippen molar-refractivity contribution in [3.8, 4) is 0 Å². The molecule has 1 atom stereocenters. The summed E-state index contributed by atoms with van der Waals surface area (Å²) in [5.74, 6) is -1.20. The van der Waals surface area contributed by atoms with E-state index in [0.29, 0.717) is 0 Å². The summed E-state index contributed by atoms with van der Waals surface area (Å²) < 4.78 is 44.1. The fourth-order valence-corrected chi connectivity index (χ4v) is 2.57. The molecule has 0 heterocycles. The van der Waals surface area contributed by atoms with E-state index in [1.165, 1.54) is 7.11 Å². The molecular weight excluding hydrogens is 279 g/mol. The topological polar surface area (TPSA) is 98.5 Å². The standard InChI is InChI=1S/C10H13FN2O5S/c1-7(18-2)6-12-19(16,17)9-5-3-4-8(11)10(9)13(14)15/h3-5,7,12H,6H2,1-2H3. The van der Waals surface area contributed by atoms with Crippen LogP contribution in [0.5, 0.6) is 0 Å². The van der Waals surface area contributed by atoms with E-state index in [9.17, 15) is 22.9 Å². The lowest BCUT2D eigenvalue weighted by molar-refractivity contribution is -0.390. The first-order chi connectivity index (χ1) is 8.79. The lowest BCUT2D eigenvalue weighted by Gasteiger charge is -2.11. The van der Waals surface area contributed by atoms with Gasteiger partial charge in [-0.2, -0.15) is 4.39 Å². The molecule has 0 saturated heterocycles. The number of nitro groups is 1. The summed E-state index contributed by atoms with van der Waals surface area (Å²) >= 11 is 0. The Balaban J connectivity index is 3.15. The molecule has 1 rings (SSSR count). The van der Waals surface area contributed by atoms with Crippen molar-refractivity contribution in [2.45, 2.75) is 17.9 Å². The third kappa shape index (κ3) is 3.69. The monoisotopic (exact) mass is 292 g/mol. The summed E-state index contributed by atoms with van der Waals surface area (Å²) in [5, 5.41) is 10.7. The van der Waals surface area contributed by atoms with Crippen molar-refractivity contribution in [2.24, 2.45) is 0 Å². The van der Waals surface area contributed by atoms with Crippen molar-refractivity contribution in [3.63, 3.8) is 0 Å². The van der Waals surface area contributed by atoms with Crippen LogP contribution < -0.4 is 4.72 Å². The van der Waals surface area contributed by atoms with Gasteiger partial charge >= 0.3 is 5.69 Å². The molecule has 1 aromatic carbocycles. The van der Waals surface area contributed by atoms with E-state index < -0.39 is 37.5 Å². The predicted octanol–water partition coefficient (Wildman–Crippen LogP) is 1.05. The van der Waals surface area contributed by atoms with E-state index in [2.05, 4.69) is 4.72 Å². The highest BCUT2D eigenvalue weighted by Crippen LogP contribution is 2.26. The minimum absolute atomic E-state index is 0.0769. The van der Waals surface area contributed by atoms with Gasteiger partial charge in [0.2, 0.25) is 15.8 Å². The zero-order chi connectivity index (χ0) is 14.6. The van der Waals surface area contributed by atoms with Crippen molar-refractivity contribution in [1.29, 1.82) is 0 Å². The number of methoxy groups -OCH3 is 1. The van der Waals surface area contributed by atoms with Crippen LogP contribution >= 0.6 is 0 Å². The molecule has 0 saturated carbocycles. The van der Waals surface area contributed by atoms with Gasteiger partial charge in [0.25, 0.3) is 0 Å². The molecule has 19 heavy (non-hydrogen) atoms. The lowest BCUT2D eigenvalue weighted by atomic mass is 10.3. The Hall–Kier alpha value is -1.58. The van der Waals surface area contributed by atoms with Gasteiger partial charge in [0, 0.05) is 13.7 Å². The second-order valence-corrected chi connectivity index (χ2v) is 5.48. The van der Waals surface area contributed by atoms with Gasteiger partial charge in [-0.3, -0.25) is 10.1 Å². The molecule has 0 bridgehead atoms. The Labute approximate surface area is 109 Å². The molecule has 1 N–H and O–H groups in total. The van der Waals surface area contributed by atoms with Crippen LogP contribution in [0.15, 0.2) is 23.1 Å². The Kier molecular flexibility index (Phi) is 4.92. The van der Waals surface area contributed by atoms with E-state index in [1.54, 1.807) is 6.92 Å². The van der Waals surface area contributed by atoms with Crippen molar-refractivity contribution < 1.29 is 22.5 Å². The third-order valence-corrected chi connectivity index (χ3v) is 3.84. The maximum absolute atomic E-state index is 13.3. The van der Waals surface area contributed by atoms with Gasteiger partial charge in [0.05, 0.1) is 11.0 Å². The third-order valence-electron chi connectivity index (χ3n) is 2.39. The normalized spacial score (nSPS) is 13.2. The van der Waals surface area contributed by atoms with E-state index in [1.807, 2.05) is 0 Å². The molecule has 1 aromatic rings. The number of rotatable bonds is 6. The minimum Gasteiger partial charge on any atom is -0.380 e. The molecular formula is C10H13FN2O5S. The highest BCUT2D eigenvalue weighted by molar-refractivity contribution is 7.89. The molecule has 0 radical (unpaired) electrons. The van der Waals surface area contributed by atoms with Gasteiger partial charge in [-0.25, -0.2) is 13.1 Å². The summed E-state index contributed by atoms with van der Waals surface area (Å²) in [6, 6.07) is 2.90. The fourth-order valence-electron chi connectivity index (χ4n) is 1.28. The average molecular weight is 292 g/mol. The molecule has 106 valence electrons. The van der Waals surface area contributed by atoms with Gasteiger partial charge < -0.3 is 4.74 Å². The lowest BCUT2D eigenvalue weighted by Crippen LogP contribution is -2.32. The number of nitro benzene ring substituents is 1. The maximum Gasteiger partial charge on any atom is 0.324 e. The molecule has 9 heteroatoms. The number of benzene rings is 1. The Morgan fingerprint density at radius 3 is 2.68 bits per heavy atom. The summed E-state index contributed by atoms with van der Waals surface area (Å²) in [4.78, 5) is 8.96. The largest absolute Gasteiger partial charge is 0.380 e. The number of sulfonamides is 1. The Morgan fingerprint density at radius 2 is 2.16 bits per heavy atom. The van der Waals surface area contributed by atoms with Crippen molar-refractivity contribution in [1.82, 2.24) is 4.72 Å². The molecule has 0 fully saturated rings. The van der Waals surface area contributed by atoms with Gasteiger partial charge in [-0.15, -0.1) is 0 Å². The van der Waals surface area contributed by atoms with E-state index in [-0.39, 0.29) is 6.54 Å². The Bertz CT molecular complexity index is 575. The summed E-state index contributed by atoms with van der Waals surface area (Å²) in [5.41, 5.74) is -1.07. The molecule has 0 amide bonds. The quantitative estimate of drug-likeness (QED) is 0.624. The number of hydrogen-bond donors (Lipinski definition) is 1. The van der Waals surface area contributed by atoms with Gasteiger partial charge in [-0.05, 0) is 19.1 Å². The molecule has 0 spiro atoms. The first-order valence-corrected chi connectivity index (χ1v) is 6.73. The molecule has 0 aliphatic carbocycles. The summed E-state index contributed by atoms with van der Waals surface area (Å²) in [7, 11) is -2.78. The first kappa shape index (κ1) is 15.5. The molecule has 0 aliphatic heterocycles. The van der Waals surface area contributed by atoms with Gasteiger partial charge in [-0.1, -0.05) is 6.07 Å². The van der Waals surface area contributed by atoms with Crippen LogP contribution in [0.4, 0.5) is 10.1 Å².